The first-order valence-electron chi connectivity index (χ1n) is 9.14. The van der Waals surface area contributed by atoms with Gasteiger partial charge < -0.3 is 5.32 Å². The highest BCUT2D eigenvalue weighted by molar-refractivity contribution is 7.92. The van der Waals surface area contributed by atoms with E-state index >= 15 is 0 Å². The van der Waals surface area contributed by atoms with Crippen molar-refractivity contribution in [2.24, 2.45) is 0 Å². The van der Waals surface area contributed by atoms with Gasteiger partial charge in [-0.05, 0) is 62.2 Å². The maximum absolute atomic E-state index is 13.5. The van der Waals surface area contributed by atoms with Crippen LogP contribution in [-0.4, -0.2) is 14.3 Å². The molecule has 0 radical (unpaired) electrons. The quantitative estimate of drug-likeness (QED) is 0.483. The van der Waals surface area contributed by atoms with E-state index in [0.29, 0.717) is 23.4 Å². The summed E-state index contributed by atoms with van der Waals surface area (Å²) in [6.45, 7) is 5.35. The SMILES string of the molecule is Cc1ccc(NS(=O)(=O)c2ccc(C)c(NC(=O)c3cc(F)c(F)cc3Cl)c2)c(C)c1. The van der Waals surface area contributed by atoms with E-state index in [0.717, 1.165) is 11.1 Å². The molecule has 3 aromatic carbocycles. The number of sulfonamides is 1. The molecular weight excluding hydrogens is 446 g/mol. The predicted molar refractivity (Wildman–Crippen MR) is 117 cm³/mol. The minimum Gasteiger partial charge on any atom is -0.322 e. The first-order valence-corrected chi connectivity index (χ1v) is 11.0. The molecule has 3 rings (SSSR count). The van der Waals surface area contributed by atoms with Gasteiger partial charge in [-0.3, -0.25) is 9.52 Å². The molecule has 0 aliphatic heterocycles. The van der Waals surface area contributed by atoms with E-state index in [1.54, 1.807) is 26.0 Å². The normalized spacial score (nSPS) is 11.3. The Morgan fingerprint density at radius 3 is 2.23 bits per heavy atom. The number of hydrogen-bond donors (Lipinski definition) is 2. The van der Waals surface area contributed by atoms with Crippen molar-refractivity contribution in [3.8, 4) is 0 Å². The summed E-state index contributed by atoms with van der Waals surface area (Å²) in [6, 6.07) is 10.9. The summed E-state index contributed by atoms with van der Waals surface area (Å²) >= 11 is 5.85. The molecule has 0 aromatic heterocycles. The Hall–Kier alpha value is -2.97. The first-order chi connectivity index (χ1) is 14.5. The van der Waals surface area contributed by atoms with Gasteiger partial charge in [-0.15, -0.1) is 0 Å². The highest BCUT2D eigenvalue weighted by Crippen LogP contribution is 2.26. The molecular formula is C22H19ClF2N2O3S. The number of rotatable bonds is 5. The average Bonchev–Trinajstić information content (AvgIpc) is 2.68. The Morgan fingerprint density at radius 2 is 1.55 bits per heavy atom. The third-order valence-electron chi connectivity index (χ3n) is 4.65. The molecule has 5 nitrogen and oxygen atoms in total. The number of benzene rings is 3. The first kappa shape index (κ1) is 22.7. The number of amides is 1. The third kappa shape index (κ3) is 5.03. The molecule has 3 aromatic rings. The zero-order chi connectivity index (χ0) is 22.9. The second kappa shape index (κ2) is 8.64. The standard InChI is InChI=1S/C22H19ClF2N2O3S/c1-12-4-7-20(14(3)8-12)27-31(29,30)15-6-5-13(2)21(9-15)26-22(28)16-10-18(24)19(25)11-17(16)23/h4-11,27H,1-3H3,(H,26,28). The largest absolute Gasteiger partial charge is 0.322 e. The van der Waals surface area contributed by atoms with Gasteiger partial charge in [0, 0.05) is 5.69 Å². The molecule has 0 unspecified atom stereocenters. The fraction of sp³-hybridized carbons (Fsp3) is 0.136. The molecule has 162 valence electrons. The smallest absolute Gasteiger partial charge is 0.261 e. The van der Waals surface area contributed by atoms with Crippen LogP contribution in [0.3, 0.4) is 0 Å². The topological polar surface area (TPSA) is 75.3 Å². The van der Waals surface area contributed by atoms with E-state index in [1.807, 2.05) is 13.0 Å². The Morgan fingerprint density at radius 1 is 0.871 bits per heavy atom. The Balaban J connectivity index is 1.91. The molecule has 0 fully saturated rings. The molecule has 0 aliphatic rings. The maximum Gasteiger partial charge on any atom is 0.261 e. The van der Waals surface area contributed by atoms with Gasteiger partial charge in [-0.1, -0.05) is 35.4 Å². The van der Waals surface area contributed by atoms with Crippen molar-refractivity contribution in [2.45, 2.75) is 25.7 Å². The van der Waals surface area contributed by atoms with Crippen LogP contribution in [0.5, 0.6) is 0 Å². The lowest BCUT2D eigenvalue weighted by molar-refractivity contribution is 0.102. The van der Waals surface area contributed by atoms with E-state index in [9.17, 15) is 22.0 Å². The monoisotopic (exact) mass is 464 g/mol. The number of anilines is 2. The van der Waals surface area contributed by atoms with Gasteiger partial charge in [-0.2, -0.15) is 0 Å². The van der Waals surface area contributed by atoms with Crippen LogP contribution in [0.1, 0.15) is 27.0 Å². The van der Waals surface area contributed by atoms with Gasteiger partial charge in [-0.25, -0.2) is 17.2 Å². The van der Waals surface area contributed by atoms with Gasteiger partial charge in [0.05, 0.1) is 21.2 Å². The van der Waals surface area contributed by atoms with Gasteiger partial charge in [0.2, 0.25) is 0 Å². The van der Waals surface area contributed by atoms with Crippen LogP contribution in [0.15, 0.2) is 53.4 Å². The zero-order valence-corrected chi connectivity index (χ0v) is 18.5. The van der Waals surface area contributed by atoms with Crippen molar-refractivity contribution < 1.29 is 22.0 Å². The van der Waals surface area contributed by atoms with Crippen LogP contribution >= 0.6 is 11.6 Å². The van der Waals surface area contributed by atoms with Crippen molar-refractivity contribution >= 4 is 38.9 Å². The second-order valence-corrected chi connectivity index (χ2v) is 9.19. The number of nitrogens with one attached hydrogen (secondary N) is 2. The molecule has 0 saturated heterocycles. The highest BCUT2D eigenvalue weighted by atomic mass is 35.5. The predicted octanol–water partition coefficient (Wildman–Crippen LogP) is 5.60. The highest BCUT2D eigenvalue weighted by Gasteiger charge is 2.19. The summed E-state index contributed by atoms with van der Waals surface area (Å²) in [6.07, 6.45) is 0. The number of halogens is 3. The summed E-state index contributed by atoms with van der Waals surface area (Å²) in [5.74, 6) is -3.20. The van der Waals surface area contributed by atoms with Crippen LogP contribution in [-0.2, 0) is 10.0 Å². The van der Waals surface area contributed by atoms with Crippen molar-refractivity contribution in [2.75, 3.05) is 10.0 Å². The minimum atomic E-state index is -3.95. The Bertz CT molecular complexity index is 1290. The Kier molecular flexibility index (Phi) is 6.33. The van der Waals surface area contributed by atoms with E-state index in [4.69, 9.17) is 11.6 Å². The summed E-state index contributed by atoms with van der Waals surface area (Å²) in [7, 11) is -3.95. The lowest BCUT2D eigenvalue weighted by atomic mass is 10.1. The lowest BCUT2D eigenvalue weighted by Gasteiger charge is -2.14. The van der Waals surface area contributed by atoms with Crippen LogP contribution < -0.4 is 10.0 Å². The van der Waals surface area contributed by atoms with Gasteiger partial charge >= 0.3 is 0 Å². The number of carbonyl (C=O) groups is 1. The average molecular weight is 465 g/mol. The molecule has 9 heteroatoms. The summed E-state index contributed by atoms with van der Waals surface area (Å²) in [5.41, 5.74) is 2.67. The minimum absolute atomic E-state index is 0.0789. The molecule has 0 atom stereocenters. The summed E-state index contributed by atoms with van der Waals surface area (Å²) in [5, 5.41) is 2.24. The fourth-order valence-corrected chi connectivity index (χ4v) is 4.31. The number of hydrogen-bond acceptors (Lipinski definition) is 3. The second-order valence-electron chi connectivity index (χ2n) is 7.10. The fourth-order valence-electron chi connectivity index (χ4n) is 2.92. The van der Waals surface area contributed by atoms with Crippen molar-refractivity contribution in [1.82, 2.24) is 0 Å². The molecule has 31 heavy (non-hydrogen) atoms. The summed E-state index contributed by atoms with van der Waals surface area (Å²) in [4.78, 5) is 12.5. The molecule has 0 heterocycles. The van der Waals surface area contributed by atoms with E-state index in [1.165, 1.54) is 18.2 Å². The van der Waals surface area contributed by atoms with Crippen LogP contribution in [0, 0.1) is 32.4 Å². The zero-order valence-electron chi connectivity index (χ0n) is 16.9. The number of aryl methyl sites for hydroxylation is 3. The maximum atomic E-state index is 13.5. The molecule has 0 spiro atoms. The van der Waals surface area contributed by atoms with Crippen LogP contribution in [0.2, 0.25) is 5.02 Å². The van der Waals surface area contributed by atoms with Crippen molar-refractivity contribution in [3.05, 3.63) is 87.4 Å². The van der Waals surface area contributed by atoms with E-state index in [2.05, 4.69) is 10.0 Å². The van der Waals surface area contributed by atoms with E-state index in [-0.39, 0.29) is 21.2 Å². The summed E-state index contributed by atoms with van der Waals surface area (Å²) < 4.78 is 55.0. The Labute approximate surface area is 184 Å². The van der Waals surface area contributed by atoms with Crippen molar-refractivity contribution in [3.63, 3.8) is 0 Å². The molecule has 0 aliphatic carbocycles. The van der Waals surface area contributed by atoms with Crippen LogP contribution in [0.25, 0.3) is 0 Å². The number of carbonyl (C=O) groups excluding carboxylic acids is 1. The lowest BCUT2D eigenvalue weighted by Crippen LogP contribution is -2.17. The van der Waals surface area contributed by atoms with Crippen LogP contribution in [0.4, 0.5) is 20.2 Å². The molecule has 0 bridgehead atoms. The third-order valence-corrected chi connectivity index (χ3v) is 6.32. The molecule has 2 N–H and O–H groups in total. The molecule has 0 saturated carbocycles. The molecule has 1 amide bonds. The van der Waals surface area contributed by atoms with Gasteiger partial charge in [0.25, 0.3) is 15.9 Å². The van der Waals surface area contributed by atoms with Crippen molar-refractivity contribution in [1.29, 1.82) is 0 Å². The van der Waals surface area contributed by atoms with Gasteiger partial charge in [0.1, 0.15) is 0 Å². The van der Waals surface area contributed by atoms with Gasteiger partial charge in [0.15, 0.2) is 11.6 Å². The van der Waals surface area contributed by atoms with E-state index < -0.39 is 27.6 Å².